The lowest BCUT2D eigenvalue weighted by molar-refractivity contribution is 0.0550. The first-order chi connectivity index (χ1) is 11.0. The van der Waals surface area contributed by atoms with Crippen LogP contribution in [-0.4, -0.2) is 56.2 Å². The van der Waals surface area contributed by atoms with Gasteiger partial charge in [-0.3, -0.25) is 9.59 Å². The largest absolute Gasteiger partial charge is 0.380 e. The average molecular weight is 322 g/mol. The van der Waals surface area contributed by atoms with Crippen LogP contribution in [0.4, 0.5) is 0 Å². The number of benzene rings is 1. The van der Waals surface area contributed by atoms with Gasteiger partial charge in [-0.05, 0) is 44.5 Å². The summed E-state index contributed by atoms with van der Waals surface area (Å²) in [5.74, 6) is -0.700. The van der Waals surface area contributed by atoms with Crippen LogP contribution in [0.5, 0.6) is 0 Å². The summed E-state index contributed by atoms with van der Waals surface area (Å²) in [5, 5.41) is 0. The van der Waals surface area contributed by atoms with E-state index in [0.717, 1.165) is 5.56 Å². The van der Waals surface area contributed by atoms with Crippen molar-refractivity contribution < 1.29 is 19.1 Å². The fourth-order valence-electron chi connectivity index (χ4n) is 2.18. The highest BCUT2D eigenvalue weighted by atomic mass is 16.5. The summed E-state index contributed by atoms with van der Waals surface area (Å²) in [5.41, 5.74) is 6.93. The number of hydrogen-bond donors (Lipinski definition) is 1. The Morgan fingerprint density at radius 1 is 1.00 bits per heavy atom. The molecule has 2 N–H and O–H groups in total. The Morgan fingerprint density at radius 2 is 1.52 bits per heavy atom. The lowest BCUT2D eigenvalue weighted by atomic mass is 10.0. The Balaban J connectivity index is 2.90. The van der Waals surface area contributed by atoms with E-state index in [-0.39, 0.29) is 5.91 Å². The molecule has 0 aliphatic heterocycles. The number of amides is 2. The van der Waals surface area contributed by atoms with E-state index in [2.05, 4.69) is 0 Å². The molecule has 0 saturated heterocycles. The molecule has 128 valence electrons. The van der Waals surface area contributed by atoms with Crippen molar-refractivity contribution in [2.45, 2.75) is 20.8 Å². The van der Waals surface area contributed by atoms with Crippen molar-refractivity contribution in [1.82, 2.24) is 4.90 Å². The molecule has 0 fully saturated rings. The van der Waals surface area contributed by atoms with Crippen molar-refractivity contribution in [3.63, 3.8) is 0 Å². The molecule has 6 nitrogen and oxygen atoms in total. The second kappa shape index (κ2) is 9.97. The first kappa shape index (κ1) is 19.1. The highest BCUT2D eigenvalue weighted by molar-refractivity contribution is 5.99. The van der Waals surface area contributed by atoms with E-state index < -0.39 is 5.91 Å². The third kappa shape index (κ3) is 6.38. The van der Waals surface area contributed by atoms with Crippen LogP contribution in [0.15, 0.2) is 18.2 Å². The van der Waals surface area contributed by atoms with Gasteiger partial charge in [0.05, 0.1) is 13.2 Å². The minimum absolute atomic E-state index is 0.157. The van der Waals surface area contributed by atoms with Gasteiger partial charge in [-0.25, -0.2) is 0 Å². The van der Waals surface area contributed by atoms with Gasteiger partial charge in [0.1, 0.15) is 0 Å². The Labute approximate surface area is 137 Å². The maximum atomic E-state index is 12.7. The lowest BCUT2D eigenvalue weighted by Crippen LogP contribution is -2.37. The molecule has 0 atom stereocenters. The number of ether oxygens (including phenoxy) is 2. The number of nitrogens with zero attached hydrogens (tertiary/aromatic N) is 1. The second-order valence-electron chi connectivity index (χ2n) is 5.14. The van der Waals surface area contributed by atoms with Crippen LogP contribution >= 0.6 is 0 Å². The second-order valence-corrected chi connectivity index (χ2v) is 5.14. The maximum absolute atomic E-state index is 12.7. The Bertz CT molecular complexity index is 521. The van der Waals surface area contributed by atoms with E-state index in [0.29, 0.717) is 50.6 Å². The van der Waals surface area contributed by atoms with Crippen LogP contribution < -0.4 is 5.73 Å². The van der Waals surface area contributed by atoms with Gasteiger partial charge in [-0.15, -0.1) is 0 Å². The van der Waals surface area contributed by atoms with Gasteiger partial charge in [0, 0.05) is 37.4 Å². The number of nitrogens with two attached hydrogens (primary N) is 1. The maximum Gasteiger partial charge on any atom is 0.254 e. The molecule has 0 radical (unpaired) electrons. The summed E-state index contributed by atoms with van der Waals surface area (Å²) in [6.07, 6.45) is 0. The Hall–Kier alpha value is -1.92. The SMILES string of the molecule is CCOCCN(CCOCC)C(=O)c1cc(C)cc(C(N)=O)c1. The minimum atomic E-state index is -0.544. The molecule has 0 unspecified atom stereocenters. The molecule has 0 saturated carbocycles. The number of carbonyl (C=O) groups is 2. The number of hydrogen-bond acceptors (Lipinski definition) is 4. The molecule has 0 aliphatic rings. The van der Waals surface area contributed by atoms with Crippen LogP contribution in [0.3, 0.4) is 0 Å². The van der Waals surface area contributed by atoms with E-state index in [1.807, 2.05) is 20.8 Å². The van der Waals surface area contributed by atoms with E-state index in [1.165, 1.54) is 6.07 Å². The van der Waals surface area contributed by atoms with E-state index in [4.69, 9.17) is 15.2 Å². The van der Waals surface area contributed by atoms with Gasteiger partial charge in [0.25, 0.3) is 5.91 Å². The summed E-state index contributed by atoms with van der Waals surface area (Å²) < 4.78 is 10.7. The molecule has 0 aliphatic carbocycles. The molecular weight excluding hydrogens is 296 g/mol. The molecule has 0 bridgehead atoms. The first-order valence-corrected chi connectivity index (χ1v) is 7.85. The summed E-state index contributed by atoms with van der Waals surface area (Å²) in [6, 6.07) is 4.96. The summed E-state index contributed by atoms with van der Waals surface area (Å²) in [7, 11) is 0. The lowest BCUT2D eigenvalue weighted by Gasteiger charge is -2.23. The highest BCUT2D eigenvalue weighted by Gasteiger charge is 2.17. The molecular formula is C17H26N2O4. The van der Waals surface area contributed by atoms with Gasteiger partial charge < -0.3 is 20.1 Å². The standard InChI is InChI=1S/C17H26N2O4/c1-4-22-8-6-19(7-9-23-5-2)17(21)15-11-13(3)10-14(12-15)16(18)20/h10-12H,4-9H2,1-3H3,(H2,18,20). The van der Waals surface area contributed by atoms with Crippen LogP contribution in [0.1, 0.15) is 40.1 Å². The zero-order valence-electron chi connectivity index (χ0n) is 14.1. The van der Waals surface area contributed by atoms with Gasteiger partial charge in [0.2, 0.25) is 5.91 Å². The topological polar surface area (TPSA) is 81.9 Å². The monoisotopic (exact) mass is 322 g/mol. The number of aryl methyl sites for hydroxylation is 1. The fraction of sp³-hybridized carbons (Fsp3) is 0.529. The van der Waals surface area contributed by atoms with E-state index >= 15 is 0 Å². The third-order valence-corrected chi connectivity index (χ3v) is 3.32. The molecule has 1 aromatic rings. The van der Waals surface area contributed by atoms with Crippen molar-refractivity contribution in [2.75, 3.05) is 39.5 Å². The summed E-state index contributed by atoms with van der Waals surface area (Å²) >= 11 is 0. The van der Waals surface area contributed by atoms with Crippen molar-refractivity contribution in [3.8, 4) is 0 Å². The molecule has 23 heavy (non-hydrogen) atoms. The molecule has 2 amide bonds. The van der Waals surface area contributed by atoms with Gasteiger partial charge in [-0.2, -0.15) is 0 Å². The molecule has 1 rings (SSSR count). The van der Waals surface area contributed by atoms with Gasteiger partial charge in [-0.1, -0.05) is 0 Å². The van der Waals surface area contributed by atoms with Crippen LogP contribution in [0.2, 0.25) is 0 Å². The Kier molecular flexibility index (Phi) is 8.29. The summed E-state index contributed by atoms with van der Waals surface area (Å²) in [6.45, 7) is 8.71. The van der Waals surface area contributed by atoms with Crippen molar-refractivity contribution in [1.29, 1.82) is 0 Å². The van der Waals surface area contributed by atoms with Gasteiger partial charge in [0.15, 0.2) is 0 Å². The fourth-order valence-corrected chi connectivity index (χ4v) is 2.18. The molecule has 0 spiro atoms. The quantitative estimate of drug-likeness (QED) is 0.664. The number of rotatable bonds is 10. The normalized spacial score (nSPS) is 10.6. The van der Waals surface area contributed by atoms with Crippen LogP contribution in [-0.2, 0) is 9.47 Å². The third-order valence-electron chi connectivity index (χ3n) is 3.32. The molecule has 1 aromatic carbocycles. The number of carbonyl (C=O) groups excluding carboxylic acids is 2. The first-order valence-electron chi connectivity index (χ1n) is 7.85. The smallest absolute Gasteiger partial charge is 0.254 e. The van der Waals surface area contributed by atoms with Crippen molar-refractivity contribution >= 4 is 11.8 Å². The Morgan fingerprint density at radius 3 is 2.00 bits per heavy atom. The predicted molar refractivity (Wildman–Crippen MR) is 88.6 cm³/mol. The zero-order valence-corrected chi connectivity index (χ0v) is 14.1. The van der Waals surface area contributed by atoms with Crippen molar-refractivity contribution in [3.05, 3.63) is 34.9 Å². The van der Waals surface area contributed by atoms with Gasteiger partial charge >= 0.3 is 0 Å². The highest BCUT2D eigenvalue weighted by Crippen LogP contribution is 2.12. The number of primary amides is 1. The average Bonchev–Trinajstić information content (AvgIpc) is 2.52. The minimum Gasteiger partial charge on any atom is -0.380 e. The van der Waals surface area contributed by atoms with Crippen molar-refractivity contribution in [2.24, 2.45) is 5.73 Å². The van der Waals surface area contributed by atoms with Crippen LogP contribution in [0.25, 0.3) is 0 Å². The predicted octanol–water partition coefficient (Wildman–Crippen LogP) is 1.61. The zero-order chi connectivity index (χ0) is 17.2. The molecule has 6 heteroatoms. The van der Waals surface area contributed by atoms with E-state index in [9.17, 15) is 9.59 Å². The van der Waals surface area contributed by atoms with Crippen LogP contribution in [0, 0.1) is 6.92 Å². The molecule has 0 aromatic heterocycles. The molecule has 0 heterocycles. The van der Waals surface area contributed by atoms with E-state index in [1.54, 1.807) is 17.0 Å². The summed E-state index contributed by atoms with van der Waals surface area (Å²) in [4.78, 5) is 25.8.